The second-order valence-corrected chi connectivity index (χ2v) is 6.17. The van der Waals surface area contributed by atoms with Crippen molar-refractivity contribution in [2.75, 3.05) is 5.32 Å². The molecule has 0 spiro atoms. The summed E-state index contributed by atoms with van der Waals surface area (Å²) in [5, 5.41) is 2.76. The van der Waals surface area contributed by atoms with Crippen molar-refractivity contribution >= 4 is 23.4 Å². The first-order valence-corrected chi connectivity index (χ1v) is 8.67. The van der Waals surface area contributed by atoms with E-state index in [9.17, 15) is 14.4 Å². The summed E-state index contributed by atoms with van der Waals surface area (Å²) in [6.45, 7) is 1.93. The van der Waals surface area contributed by atoms with Crippen LogP contribution in [-0.2, 0) is 0 Å². The molecule has 3 rings (SSSR count). The zero-order valence-corrected chi connectivity index (χ0v) is 15.2. The molecule has 0 saturated heterocycles. The monoisotopic (exact) mass is 373 g/mol. The van der Waals surface area contributed by atoms with Crippen LogP contribution in [0.15, 0.2) is 78.9 Å². The first kappa shape index (κ1) is 18.8. The Kier molecular flexibility index (Phi) is 5.81. The molecular weight excluding hydrogens is 354 g/mol. The van der Waals surface area contributed by atoms with Gasteiger partial charge in [-0.25, -0.2) is 0 Å². The Morgan fingerprint density at radius 1 is 0.571 bits per heavy atom. The average Bonchev–Trinajstić information content (AvgIpc) is 2.73. The molecule has 0 radical (unpaired) electrons. The zero-order chi connectivity index (χ0) is 19.9. The Bertz CT molecular complexity index is 982. The summed E-state index contributed by atoms with van der Waals surface area (Å²) >= 11 is 0. The SMILES string of the molecule is Cc1ccc(C(=O)NNC(=O)c2ccc(NC(=O)c3ccccc3)cc2)cc1. The first-order valence-electron chi connectivity index (χ1n) is 8.67. The fourth-order valence-electron chi connectivity index (χ4n) is 2.46. The lowest BCUT2D eigenvalue weighted by atomic mass is 10.1. The van der Waals surface area contributed by atoms with Crippen molar-refractivity contribution in [3.63, 3.8) is 0 Å². The van der Waals surface area contributed by atoms with Gasteiger partial charge in [-0.05, 0) is 55.5 Å². The maximum atomic E-state index is 12.2. The van der Waals surface area contributed by atoms with Crippen molar-refractivity contribution in [2.24, 2.45) is 0 Å². The molecule has 140 valence electrons. The molecule has 0 aliphatic heterocycles. The Morgan fingerprint density at radius 3 is 1.57 bits per heavy atom. The third kappa shape index (κ3) is 4.82. The molecule has 3 amide bonds. The Morgan fingerprint density at radius 2 is 1.04 bits per heavy atom. The van der Waals surface area contributed by atoms with Crippen LogP contribution in [0.1, 0.15) is 36.6 Å². The summed E-state index contributed by atoms with van der Waals surface area (Å²) in [6, 6.07) is 22.2. The number of benzene rings is 3. The van der Waals surface area contributed by atoms with Gasteiger partial charge in [0.25, 0.3) is 17.7 Å². The van der Waals surface area contributed by atoms with Crippen molar-refractivity contribution in [3.8, 4) is 0 Å². The van der Waals surface area contributed by atoms with E-state index in [0.717, 1.165) is 5.56 Å². The van der Waals surface area contributed by atoms with Crippen LogP contribution < -0.4 is 16.2 Å². The van der Waals surface area contributed by atoms with Crippen LogP contribution in [-0.4, -0.2) is 17.7 Å². The number of hydrazine groups is 1. The van der Waals surface area contributed by atoms with Crippen LogP contribution in [0.3, 0.4) is 0 Å². The first-order chi connectivity index (χ1) is 13.5. The number of carbonyl (C=O) groups is 3. The third-order valence-electron chi connectivity index (χ3n) is 4.04. The molecule has 3 aromatic carbocycles. The Labute approximate surface area is 162 Å². The molecule has 0 atom stereocenters. The van der Waals surface area contributed by atoms with Gasteiger partial charge in [0.1, 0.15) is 0 Å². The molecule has 28 heavy (non-hydrogen) atoms. The molecule has 0 unspecified atom stereocenters. The Hall–Kier alpha value is -3.93. The topological polar surface area (TPSA) is 87.3 Å². The molecule has 0 aliphatic rings. The van der Waals surface area contributed by atoms with E-state index in [1.165, 1.54) is 0 Å². The fraction of sp³-hybridized carbons (Fsp3) is 0.0455. The minimum Gasteiger partial charge on any atom is -0.322 e. The molecule has 3 N–H and O–H groups in total. The van der Waals surface area contributed by atoms with Crippen molar-refractivity contribution in [1.29, 1.82) is 0 Å². The third-order valence-corrected chi connectivity index (χ3v) is 4.04. The summed E-state index contributed by atoms with van der Waals surface area (Å²) in [5.41, 5.74) is 7.70. The van der Waals surface area contributed by atoms with Gasteiger partial charge in [0.2, 0.25) is 0 Å². The van der Waals surface area contributed by atoms with Gasteiger partial charge in [-0.2, -0.15) is 0 Å². The van der Waals surface area contributed by atoms with E-state index >= 15 is 0 Å². The second-order valence-electron chi connectivity index (χ2n) is 6.17. The highest BCUT2D eigenvalue weighted by molar-refractivity contribution is 6.04. The maximum absolute atomic E-state index is 12.2. The molecule has 0 bridgehead atoms. The van der Waals surface area contributed by atoms with E-state index < -0.39 is 11.8 Å². The maximum Gasteiger partial charge on any atom is 0.269 e. The number of rotatable bonds is 4. The molecule has 6 nitrogen and oxygen atoms in total. The number of amides is 3. The number of nitrogens with one attached hydrogen (secondary N) is 3. The molecule has 0 heterocycles. The van der Waals surface area contributed by atoms with Gasteiger partial charge >= 0.3 is 0 Å². The fourth-order valence-corrected chi connectivity index (χ4v) is 2.46. The summed E-state index contributed by atoms with van der Waals surface area (Å²) in [5.74, 6) is -1.09. The van der Waals surface area contributed by atoms with Gasteiger partial charge in [0.15, 0.2) is 0 Å². The quantitative estimate of drug-likeness (QED) is 0.613. The van der Waals surface area contributed by atoms with Crippen LogP contribution in [0.25, 0.3) is 0 Å². The van der Waals surface area contributed by atoms with Crippen molar-refractivity contribution < 1.29 is 14.4 Å². The Balaban J connectivity index is 1.55. The highest BCUT2D eigenvalue weighted by Gasteiger charge is 2.10. The molecular formula is C22H19N3O3. The number of hydrogen-bond donors (Lipinski definition) is 3. The lowest BCUT2D eigenvalue weighted by molar-refractivity contribution is 0.0846. The largest absolute Gasteiger partial charge is 0.322 e. The van der Waals surface area contributed by atoms with Crippen molar-refractivity contribution in [1.82, 2.24) is 10.9 Å². The lowest BCUT2D eigenvalue weighted by Gasteiger charge is -2.09. The lowest BCUT2D eigenvalue weighted by Crippen LogP contribution is -2.41. The van der Waals surface area contributed by atoms with E-state index in [1.54, 1.807) is 60.7 Å². The summed E-state index contributed by atoms with van der Waals surface area (Å²) in [6.07, 6.45) is 0. The zero-order valence-electron chi connectivity index (χ0n) is 15.2. The number of carbonyl (C=O) groups excluding carboxylic acids is 3. The summed E-state index contributed by atoms with van der Waals surface area (Å²) < 4.78 is 0. The van der Waals surface area contributed by atoms with E-state index in [1.807, 2.05) is 25.1 Å². The molecule has 3 aromatic rings. The number of hydrogen-bond acceptors (Lipinski definition) is 3. The second kappa shape index (κ2) is 8.64. The smallest absolute Gasteiger partial charge is 0.269 e. The highest BCUT2D eigenvalue weighted by atomic mass is 16.2. The van der Waals surface area contributed by atoms with Crippen LogP contribution in [0.2, 0.25) is 0 Å². The van der Waals surface area contributed by atoms with Crippen LogP contribution in [0, 0.1) is 6.92 Å². The van der Waals surface area contributed by atoms with Gasteiger partial charge in [0, 0.05) is 22.4 Å². The molecule has 0 aliphatic carbocycles. The van der Waals surface area contributed by atoms with Gasteiger partial charge < -0.3 is 5.32 Å². The van der Waals surface area contributed by atoms with E-state index in [0.29, 0.717) is 22.4 Å². The number of aryl methyl sites for hydroxylation is 1. The summed E-state index contributed by atoms with van der Waals surface area (Å²) in [7, 11) is 0. The van der Waals surface area contributed by atoms with Gasteiger partial charge in [-0.15, -0.1) is 0 Å². The highest BCUT2D eigenvalue weighted by Crippen LogP contribution is 2.11. The predicted octanol–water partition coefficient (Wildman–Crippen LogP) is 3.32. The van der Waals surface area contributed by atoms with Crippen molar-refractivity contribution in [2.45, 2.75) is 6.92 Å². The molecule has 6 heteroatoms. The minimum absolute atomic E-state index is 0.233. The van der Waals surface area contributed by atoms with Gasteiger partial charge in [0.05, 0.1) is 0 Å². The van der Waals surface area contributed by atoms with Crippen LogP contribution in [0.5, 0.6) is 0 Å². The van der Waals surface area contributed by atoms with Crippen LogP contribution in [0.4, 0.5) is 5.69 Å². The standard InChI is InChI=1S/C22H19N3O3/c1-15-7-9-17(10-8-15)21(27)24-25-22(28)18-11-13-19(14-12-18)23-20(26)16-5-3-2-4-6-16/h2-14H,1H3,(H,23,26)(H,24,27)(H,25,28). The van der Waals surface area contributed by atoms with E-state index in [4.69, 9.17) is 0 Å². The van der Waals surface area contributed by atoms with Crippen LogP contribution >= 0.6 is 0 Å². The van der Waals surface area contributed by atoms with E-state index in [-0.39, 0.29) is 5.91 Å². The van der Waals surface area contributed by atoms with Gasteiger partial charge in [-0.3, -0.25) is 25.2 Å². The number of anilines is 1. The summed E-state index contributed by atoms with van der Waals surface area (Å²) in [4.78, 5) is 36.3. The normalized spacial score (nSPS) is 10.0. The molecule has 0 aromatic heterocycles. The average molecular weight is 373 g/mol. The molecule has 0 fully saturated rings. The van der Waals surface area contributed by atoms with E-state index in [2.05, 4.69) is 16.2 Å². The molecule has 0 saturated carbocycles. The predicted molar refractivity (Wildman–Crippen MR) is 107 cm³/mol. The van der Waals surface area contributed by atoms with Gasteiger partial charge in [-0.1, -0.05) is 35.9 Å². The minimum atomic E-state index is -0.457. The van der Waals surface area contributed by atoms with Crippen molar-refractivity contribution in [3.05, 3.63) is 101 Å².